The normalized spacial score (nSPS) is 24.7. The lowest BCUT2D eigenvalue weighted by atomic mass is 9.89. The predicted octanol–water partition coefficient (Wildman–Crippen LogP) is 0.205. The minimum absolute atomic E-state index is 0.0899. The Kier molecular flexibility index (Phi) is 2.96. The number of aromatic nitrogens is 2. The first-order valence-corrected chi connectivity index (χ1v) is 5.42. The highest BCUT2D eigenvalue weighted by Crippen LogP contribution is 2.30. The van der Waals surface area contributed by atoms with E-state index in [1.54, 1.807) is 0 Å². The molecule has 1 aromatic rings. The number of esters is 1. The van der Waals surface area contributed by atoms with Gasteiger partial charge in [0.2, 0.25) is 0 Å². The van der Waals surface area contributed by atoms with Gasteiger partial charge in [-0.3, -0.25) is 9.48 Å². The Hall–Kier alpha value is -1.36. The van der Waals surface area contributed by atoms with E-state index in [0.717, 1.165) is 17.8 Å². The largest absolute Gasteiger partial charge is 0.469 e. The summed E-state index contributed by atoms with van der Waals surface area (Å²) < 4.78 is 6.66. The Morgan fingerprint density at radius 3 is 2.94 bits per heavy atom. The maximum atomic E-state index is 11.6. The number of hydrogen-bond acceptors (Lipinski definition) is 4. The molecule has 1 aliphatic heterocycles. The van der Waals surface area contributed by atoms with Crippen LogP contribution in [0.1, 0.15) is 17.2 Å². The lowest BCUT2D eigenvalue weighted by Crippen LogP contribution is -2.23. The first-order chi connectivity index (χ1) is 7.65. The Bertz CT molecular complexity index is 400. The molecule has 2 unspecified atom stereocenters. The van der Waals surface area contributed by atoms with Crippen LogP contribution in [-0.4, -0.2) is 35.9 Å². The standard InChI is InChI=1S/C11H17N3O2/c1-7-8(6-13-14(7)2)9-4-12-5-10(9)11(15)16-3/h6,9-10,12H,4-5H2,1-3H3. The summed E-state index contributed by atoms with van der Waals surface area (Å²) in [7, 11) is 3.35. The molecule has 0 bridgehead atoms. The van der Waals surface area contributed by atoms with Crippen molar-refractivity contribution in [1.29, 1.82) is 0 Å². The lowest BCUT2D eigenvalue weighted by Gasteiger charge is -2.15. The van der Waals surface area contributed by atoms with Gasteiger partial charge in [0.05, 0.1) is 19.2 Å². The fourth-order valence-electron chi connectivity index (χ4n) is 2.28. The maximum absolute atomic E-state index is 11.6. The van der Waals surface area contributed by atoms with Crippen LogP contribution in [0.3, 0.4) is 0 Å². The fourth-order valence-corrected chi connectivity index (χ4v) is 2.28. The van der Waals surface area contributed by atoms with Crippen LogP contribution < -0.4 is 5.32 Å². The lowest BCUT2D eigenvalue weighted by molar-refractivity contribution is -0.145. The minimum atomic E-state index is -0.141. The van der Waals surface area contributed by atoms with Gasteiger partial charge in [-0.05, 0) is 12.5 Å². The third-order valence-electron chi connectivity index (χ3n) is 3.39. The summed E-state index contributed by atoms with van der Waals surface area (Å²) in [6.45, 7) is 3.52. The van der Waals surface area contributed by atoms with E-state index in [1.807, 2.05) is 24.9 Å². The van der Waals surface area contributed by atoms with Crippen LogP contribution in [0.2, 0.25) is 0 Å². The SMILES string of the molecule is COC(=O)C1CNCC1c1cnn(C)c1C. The van der Waals surface area contributed by atoms with Gasteiger partial charge in [-0.25, -0.2) is 0 Å². The highest BCUT2D eigenvalue weighted by Gasteiger charge is 2.36. The van der Waals surface area contributed by atoms with Gasteiger partial charge in [-0.2, -0.15) is 5.10 Å². The molecule has 16 heavy (non-hydrogen) atoms. The van der Waals surface area contributed by atoms with Crippen molar-refractivity contribution in [3.8, 4) is 0 Å². The number of aryl methyl sites for hydroxylation is 1. The van der Waals surface area contributed by atoms with E-state index in [-0.39, 0.29) is 17.8 Å². The smallest absolute Gasteiger partial charge is 0.310 e. The van der Waals surface area contributed by atoms with Crippen molar-refractivity contribution in [2.24, 2.45) is 13.0 Å². The van der Waals surface area contributed by atoms with E-state index in [9.17, 15) is 4.79 Å². The van der Waals surface area contributed by atoms with Crippen LogP contribution in [0.25, 0.3) is 0 Å². The minimum Gasteiger partial charge on any atom is -0.469 e. The number of methoxy groups -OCH3 is 1. The van der Waals surface area contributed by atoms with Gasteiger partial charge in [-0.15, -0.1) is 0 Å². The van der Waals surface area contributed by atoms with Crippen molar-refractivity contribution in [2.75, 3.05) is 20.2 Å². The summed E-state index contributed by atoms with van der Waals surface area (Å²) in [4.78, 5) is 11.6. The third-order valence-corrected chi connectivity index (χ3v) is 3.39. The molecule has 88 valence electrons. The quantitative estimate of drug-likeness (QED) is 0.728. The number of carbonyl (C=O) groups excluding carboxylic acids is 1. The number of ether oxygens (including phenoxy) is 1. The van der Waals surface area contributed by atoms with Crippen LogP contribution in [-0.2, 0) is 16.6 Å². The second-order valence-corrected chi connectivity index (χ2v) is 4.20. The van der Waals surface area contributed by atoms with E-state index in [0.29, 0.717) is 6.54 Å². The Morgan fingerprint density at radius 2 is 2.38 bits per heavy atom. The van der Waals surface area contributed by atoms with Crippen LogP contribution in [0.15, 0.2) is 6.20 Å². The average Bonchev–Trinajstić information content (AvgIpc) is 2.86. The Balaban J connectivity index is 2.26. The summed E-state index contributed by atoms with van der Waals surface area (Å²) in [5.41, 5.74) is 2.26. The molecule has 0 aliphatic carbocycles. The van der Waals surface area contributed by atoms with Crippen molar-refractivity contribution in [3.05, 3.63) is 17.5 Å². The molecule has 0 saturated carbocycles. The number of hydrogen-bond donors (Lipinski definition) is 1. The van der Waals surface area contributed by atoms with E-state index < -0.39 is 0 Å². The molecule has 0 radical (unpaired) electrons. The summed E-state index contributed by atoms with van der Waals surface area (Å²) >= 11 is 0. The molecular weight excluding hydrogens is 206 g/mol. The zero-order valence-electron chi connectivity index (χ0n) is 9.86. The van der Waals surface area contributed by atoms with Gasteiger partial charge >= 0.3 is 5.97 Å². The molecule has 0 spiro atoms. The summed E-state index contributed by atoms with van der Waals surface area (Å²) in [5.74, 6) is -0.0488. The third kappa shape index (κ3) is 1.71. The van der Waals surface area contributed by atoms with Crippen molar-refractivity contribution >= 4 is 5.97 Å². The molecular formula is C11H17N3O2. The molecule has 2 rings (SSSR count). The van der Waals surface area contributed by atoms with Gasteiger partial charge in [0.15, 0.2) is 0 Å². The molecule has 1 N–H and O–H groups in total. The van der Waals surface area contributed by atoms with Crippen LogP contribution >= 0.6 is 0 Å². The molecule has 0 aromatic carbocycles. The zero-order valence-corrected chi connectivity index (χ0v) is 9.86. The van der Waals surface area contributed by atoms with Crippen LogP contribution in [0.5, 0.6) is 0 Å². The average molecular weight is 223 g/mol. The zero-order chi connectivity index (χ0) is 11.7. The molecule has 1 aromatic heterocycles. The topological polar surface area (TPSA) is 56.1 Å². The molecule has 5 heteroatoms. The maximum Gasteiger partial charge on any atom is 0.310 e. The second kappa shape index (κ2) is 4.25. The first-order valence-electron chi connectivity index (χ1n) is 5.42. The summed E-state index contributed by atoms with van der Waals surface area (Å²) in [5, 5.41) is 7.45. The predicted molar refractivity (Wildman–Crippen MR) is 59.1 cm³/mol. The highest BCUT2D eigenvalue weighted by molar-refractivity contribution is 5.74. The number of rotatable bonds is 2. The molecule has 0 amide bonds. The van der Waals surface area contributed by atoms with Crippen LogP contribution in [0, 0.1) is 12.8 Å². The van der Waals surface area contributed by atoms with Gasteiger partial charge < -0.3 is 10.1 Å². The van der Waals surface area contributed by atoms with Crippen molar-refractivity contribution in [3.63, 3.8) is 0 Å². The Morgan fingerprint density at radius 1 is 1.62 bits per heavy atom. The number of nitrogens with zero attached hydrogens (tertiary/aromatic N) is 2. The summed E-state index contributed by atoms with van der Waals surface area (Å²) in [6.07, 6.45) is 1.85. The molecule has 2 atom stereocenters. The fraction of sp³-hybridized carbons (Fsp3) is 0.636. The van der Waals surface area contributed by atoms with Gasteiger partial charge in [0.25, 0.3) is 0 Å². The van der Waals surface area contributed by atoms with Crippen molar-refractivity contribution < 1.29 is 9.53 Å². The van der Waals surface area contributed by atoms with Gasteiger partial charge in [0, 0.05) is 31.7 Å². The Labute approximate surface area is 94.8 Å². The monoisotopic (exact) mass is 223 g/mol. The highest BCUT2D eigenvalue weighted by atomic mass is 16.5. The second-order valence-electron chi connectivity index (χ2n) is 4.20. The van der Waals surface area contributed by atoms with Crippen LogP contribution in [0.4, 0.5) is 0 Å². The molecule has 1 fully saturated rings. The van der Waals surface area contributed by atoms with Gasteiger partial charge in [-0.1, -0.05) is 0 Å². The van der Waals surface area contributed by atoms with E-state index >= 15 is 0 Å². The van der Waals surface area contributed by atoms with E-state index in [4.69, 9.17) is 4.74 Å². The van der Waals surface area contributed by atoms with E-state index in [2.05, 4.69) is 10.4 Å². The molecule has 1 aliphatic rings. The molecule has 2 heterocycles. The van der Waals surface area contributed by atoms with Crippen molar-refractivity contribution in [2.45, 2.75) is 12.8 Å². The molecule has 1 saturated heterocycles. The molecule has 5 nitrogen and oxygen atoms in total. The first kappa shape index (κ1) is 11.1. The number of carbonyl (C=O) groups is 1. The summed E-state index contributed by atoms with van der Waals surface area (Å²) in [6, 6.07) is 0. The van der Waals surface area contributed by atoms with E-state index in [1.165, 1.54) is 7.11 Å². The van der Waals surface area contributed by atoms with Crippen molar-refractivity contribution in [1.82, 2.24) is 15.1 Å². The number of nitrogens with one attached hydrogen (secondary N) is 1. The van der Waals surface area contributed by atoms with Gasteiger partial charge in [0.1, 0.15) is 0 Å².